The van der Waals surface area contributed by atoms with Crippen molar-refractivity contribution in [3.8, 4) is 0 Å². The molecule has 0 aliphatic carbocycles. The number of nitrogens with one attached hydrogen (secondary N) is 10. The van der Waals surface area contributed by atoms with Gasteiger partial charge >= 0.3 is 0 Å². The second-order valence-corrected chi connectivity index (χ2v) is 8.15. The molecule has 0 amide bonds. The Morgan fingerprint density at radius 2 is 0.861 bits per heavy atom. The highest BCUT2D eigenvalue weighted by Gasteiger charge is 2.03. The van der Waals surface area contributed by atoms with Gasteiger partial charge in [-0.2, -0.15) is 0 Å². The molecule has 0 aliphatic rings. The molecule has 14 heteroatoms. The van der Waals surface area contributed by atoms with Crippen LogP contribution < -0.4 is 31.9 Å². The number of hydrogen-bond acceptors (Lipinski definition) is 4. The monoisotopic (exact) mass is 664 g/mol. The summed E-state index contributed by atoms with van der Waals surface area (Å²) in [5, 5.41) is 49.5. The largest absolute Gasteiger partial charge is 0.356 e. The molecule has 0 spiro atoms. The Labute approximate surface area is 242 Å². The van der Waals surface area contributed by atoms with Gasteiger partial charge < -0.3 is 21.3 Å². The first-order chi connectivity index (χ1) is 16.3. The lowest BCUT2D eigenvalue weighted by Gasteiger charge is -2.13. The number of benzene rings is 2. The predicted octanol–water partition coefficient (Wildman–Crippen LogP) is 5.33. The fourth-order valence-electron chi connectivity index (χ4n) is 2.79. The number of guanidine groups is 4. The van der Waals surface area contributed by atoms with Crippen molar-refractivity contribution < 1.29 is 0 Å². The van der Waals surface area contributed by atoms with Crippen LogP contribution in [0.4, 0.5) is 11.4 Å². The molecule has 0 saturated heterocycles. The van der Waals surface area contributed by atoms with Crippen LogP contribution in [0.5, 0.6) is 0 Å². The third-order valence-corrected chi connectivity index (χ3v) is 4.94. The Morgan fingerprint density at radius 1 is 0.528 bits per heavy atom. The van der Waals surface area contributed by atoms with Crippen LogP contribution in [0.2, 0.25) is 10.0 Å². The zero-order valence-corrected chi connectivity index (χ0v) is 24.4. The Hall–Kier alpha value is -2.54. The number of halogens is 4. The van der Waals surface area contributed by atoms with E-state index in [0.29, 0.717) is 34.5 Å². The minimum atomic E-state index is -0.00148. The molecule has 0 heterocycles. The summed E-state index contributed by atoms with van der Waals surface area (Å²) in [7, 11) is 0. The van der Waals surface area contributed by atoms with Crippen molar-refractivity contribution in [2.75, 3.05) is 23.7 Å². The van der Waals surface area contributed by atoms with Crippen LogP contribution in [-0.2, 0) is 0 Å². The molecule has 2 rings (SSSR count). The third kappa shape index (κ3) is 14.8. The first-order valence-electron chi connectivity index (χ1n) is 10.7. The maximum atomic E-state index is 7.86. The van der Waals surface area contributed by atoms with E-state index in [0.717, 1.165) is 25.7 Å². The summed E-state index contributed by atoms with van der Waals surface area (Å²) in [6.45, 7) is 1.25. The first kappa shape index (κ1) is 33.5. The normalized spacial score (nSPS) is 9.50. The lowest BCUT2D eigenvalue weighted by Crippen LogP contribution is -2.43. The summed E-state index contributed by atoms with van der Waals surface area (Å²) in [4.78, 5) is 0. The van der Waals surface area contributed by atoms with E-state index in [1.54, 1.807) is 48.5 Å². The molecule has 0 aromatic heterocycles. The van der Waals surface area contributed by atoms with Gasteiger partial charge in [-0.3, -0.25) is 32.3 Å². The first-order valence-corrected chi connectivity index (χ1v) is 11.5. The van der Waals surface area contributed by atoms with Crippen LogP contribution in [-0.4, -0.2) is 36.9 Å². The van der Waals surface area contributed by atoms with Crippen LogP contribution in [0.15, 0.2) is 48.5 Å². The summed E-state index contributed by atoms with van der Waals surface area (Å²) in [5.41, 5.74) is 1.42. The van der Waals surface area contributed by atoms with Crippen LogP contribution in [0.1, 0.15) is 25.7 Å². The average molecular weight is 667 g/mol. The summed E-state index contributed by atoms with van der Waals surface area (Å²) < 4.78 is 0. The lowest BCUT2D eigenvalue weighted by molar-refractivity contribution is 0.619. The van der Waals surface area contributed by atoms with E-state index < -0.39 is 0 Å². The highest BCUT2D eigenvalue weighted by Crippen LogP contribution is 2.13. The van der Waals surface area contributed by atoms with Gasteiger partial charge in [0, 0.05) is 34.5 Å². The third-order valence-electron chi connectivity index (χ3n) is 4.43. The molecule has 0 aliphatic heterocycles. The van der Waals surface area contributed by atoms with Crippen molar-refractivity contribution in [3.63, 3.8) is 0 Å². The van der Waals surface area contributed by atoms with E-state index >= 15 is 0 Å². The number of unbranched alkanes of at least 4 members (excludes halogenated alkanes) is 3. The van der Waals surface area contributed by atoms with Crippen LogP contribution in [0, 0.1) is 21.6 Å². The van der Waals surface area contributed by atoms with Crippen LogP contribution >= 0.6 is 57.2 Å². The van der Waals surface area contributed by atoms with Crippen molar-refractivity contribution in [3.05, 3.63) is 58.6 Å². The zero-order chi connectivity index (χ0) is 24.8. The van der Waals surface area contributed by atoms with E-state index in [-0.39, 0.29) is 57.8 Å². The second-order valence-electron chi connectivity index (χ2n) is 7.28. The van der Waals surface area contributed by atoms with Crippen molar-refractivity contribution in [2.24, 2.45) is 0 Å². The standard InChI is InChI=1S/C22H30Cl2N10.2BrH/c23-15-5-9-17(10-6-15)31-21(27)33-19(25)29-13-3-1-2-4-14-30-20(26)34-22(28)32-18-11-7-16(24)8-12-18;;/h5-12H,1-4,13-14H2,(H5,25,27,29,31,33)(H5,26,28,30,32,34);2*1H. The van der Waals surface area contributed by atoms with Gasteiger partial charge in [-0.05, 0) is 61.4 Å². The fraction of sp³-hybridized carbons (Fsp3) is 0.273. The molecule has 10 nitrogen and oxygen atoms in total. The SMILES string of the molecule is Br.Br.N=C(NCCCCCCNC(=N)NC(=N)Nc1ccc(Cl)cc1)NC(=N)Nc1ccc(Cl)cc1. The van der Waals surface area contributed by atoms with Crippen molar-refractivity contribution in [2.45, 2.75) is 25.7 Å². The van der Waals surface area contributed by atoms with Crippen molar-refractivity contribution in [1.82, 2.24) is 21.3 Å². The highest BCUT2D eigenvalue weighted by atomic mass is 79.9. The molecule has 10 N–H and O–H groups in total. The van der Waals surface area contributed by atoms with E-state index in [2.05, 4.69) is 31.9 Å². The average Bonchev–Trinajstić information content (AvgIpc) is 2.78. The van der Waals surface area contributed by atoms with Crippen LogP contribution in [0.3, 0.4) is 0 Å². The molecule has 0 unspecified atom stereocenters. The minimum absolute atomic E-state index is 0. The van der Waals surface area contributed by atoms with Gasteiger partial charge in [0.05, 0.1) is 0 Å². The molecule has 36 heavy (non-hydrogen) atoms. The number of rotatable bonds is 9. The van der Waals surface area contributed by atoms with Gasteiger partial charge in [0.25, 0.3) is 0 Å². The Morgan fingerprint density at radius 3 is 1.19 bits per heavy atom. The molecule has 0 atom stereocenters. The summed E-state index contributed by atoms with van der Waals surface area (Å²) in [6, 6.07) is 13.9. The molecule has 2 aromatic carbocycles. The second kappa shape index (κ2) is 18.7. The summed E-state index contributed by atoms with van der Waals surface area (Å²) >= 11 is 11.7. The van der Waals surface area contributed by atoms with E-state index in [9.17, 15) is 0 Å². The molecular weight excluding hydrogens is 635 g/mol. The maximum absolute atomic E-state index is 7.86. The minimum Gasteiger partial charge on any atom is -0.356 e. The Balaban J connectivity index is 0.00000612. The molecule has 0 saturated carbocycles. The molecule has 0 fully saturated rings. The van der Waals surface area contributed by atoms with Gasteiger partial charge in [0.1, 0.15) is 0 Å². The molecule has 198 valence electrons. The predicted molar refractivity (Wildman–Crippen MR) is 162 cm³/mol. The summed E-state index contributed by atoms with van der Waals surface area (Å²) in [6.07, 6.45) is 3.70. The fourth-order valence-corrected chi connectivity index (χ4v) is 3.04. The summed E-state index contributed by atoms with van der Waals surface area (Å²) in [5.74, 6) is 0.112. The Kier molecular flexibility index (Phi) is 17.4. The number of anilines is 2. The molecule has 2 aromatic rings. The smallest absolute Gasteiger partial charge is 0.199 e. The van der Waals surface area contributed by atoms with Crippen molar-refractivity contribution in [1.29, 1.82) is 21.6 Å². The topological polar surface area (TPSA) is 168 Å². The zero-order valence-electron chi connectivity index (χ0n) is 19.4. The molecule has 0 bridgehead atoms. The van der Waals surface area contributed by atoms with E-state index in [1.807, 2.05) is 0 Å². The van der Waals surface area contributed by atoms with Gasteiger partial charge in [0.2, 0.25) is 0 Å². The maximum Gasteiger partial charge on any atom is 0.199 e. The van der Waals surface area contributed by atoms with E-state index in [4.69, 9.17) is 44.8 Å². The quantitative estimate of drug-likeness (QED) is 0.0986. The van der Waals surface area contributed by atoms with Gasteiger partial charge in [-0.25, -0.2) is 0 Å². The van der Waals surface area contributed by atoms with E-state index in [1.165, 1.54) is 0 Å². The molecule has 0 radical (unpaired) electrons. The van der Waals surface area contributed by atoms with Gasteiger partial charge in [-0.15, -0.1) is 34.0 Å². The van der Waals surface area contributed by atoms with Crippen LogP contribution in [0.25, 0.3) is 0 Å². The van der Waals surface area contributed by atoms with Crippen molar-refractivity contribution >= 4 is 92.4 Å². The van der Waals surface area contributed by atoms with Gasteiger partial charge in [0.15, 0.2) is 23.8 Å². The molecular formula is C22H32Br2Cl2N10. The Bertz CT molecular complexity index is 892. The lowest BCUT2D eigenvalue weighted by atomic mass is 10.2. The van der Waals surface area contributed by atoms with Gasteiger partial charge in [-0.1, -0.05) is 36.0 Å². The highest BCUT2D eigenvalue weighted by molar-refractivity contribution is 8.93. The number of hydrogen-bond donors (Lipinski definition) is 10.